The van der Waals surface area contributed by atoms with Crippen molar-refractivity contribution >= 4 is 17.6 Å². The van der Waals surface area contributed by atoms with Gasteiger partial charge < -0.3 is 15.2 Å². The van der Waals surface area contributed by atoms with Crippen LogP contribution >= 0.6 is 11.6 Å². The normalized spacial score (nSPS) is 15.8. The summed E-state index contributed by atoms with van der Waals surface area (Å²) in [5, 5.41) is -0.0247. The minimum atomic E-state index is -1.32. The zero-order valence-electron chi connectivity index (χ0n) is 15.3. The van der Waals surface area contributed by atoms with Crippen molar-refractivity contribution in [3.63, 3.8) is 0 Å². The van der Waals surface area contributed by atoms with E-state index in [4.69, 9.17) is 26.8 Å². The van der Waals surface area contributed by atoms with Crippen molar-refractivity contribution in [1.82, 2.24) is 9.13 Å². The van der Waals surface area contributed by atoms with Gasteiger partial charge in [0.25, 0.3) is 5.56 Å². The molecule has 1 atom stereocenters. The molecule has 0 radical (unpaired) electrons. The molecule has 1 aliphatic heterocycles. The van der Waals surface area contributed by atoms with E-state index in [0.29, 0.717) is 0 Å². The summed E-state index contributed by atoms with van der Waals surface area (Å²) in [5.41, 5.74) is 3.93. The van der Waals surface area contributed by atoms with Gasteiger partial charge in [-0.3, -0.25) is 13.9 Å². The molecule has 1 aliphatic rings. The molecule has 2 N–H and O–H groups in total. The lowest BCUT2D eigenvalue weighted by Gasteiger charge is -2.29. The van der Waals surface area contributed by atoms with Crippen molar-refractivity contribution < 1.29 is 18.7 Å². The highest BCUT2D eigenvalue weighted by molar-refractivity contribution is 6.31. The molecule has 0 amide bonds. The Bertz CT molecular complexity index is 1120. The summed E-state index contributed by atoms with van der Waals surface area (Å²) in [6, 6.07) is 3.94. The molecular formula is C18H17ClFN3O5. The van der Waals surface area contributed by atoms with Crippen LogP contribution in [0.5, 0.6) is 5.88 Å². The Hall–Kier alpha value is -3.07. The lowest BCUT2D eigenvalue weighted by molar-refractivity contribution is -0.139. The molecule has 1 aromatic heterocycles. The first-order chi connectivity index (χ1) is 13.2. The molecule has 2 aromatic rings. The third-order valence-electron chi connectivity index (χ3n) is 4.48. The average Bonchev–Trinajstić information content (AvgIpc) is 2.64. The lowest BCUT2D eigenvalue weighted by Crippen LogP contribution is -2.43. The second-order valence-electron chi connectivity index (χ2n) is 6.09. The van der Waals surface area contributed by atoms with Gasteiger partial charge in [-0.1, -0.05) is 17.7 Å². The number of hydrogen-bond acceptors (Lipinski definition) is 6. The van der Waals surface area contributed by atoms with Crippen LogP contribution in [0, 0.1) is 5.82 Å². The summed E-state index contributed by atoms with van der Waals surface area (Å²) in [4.78, 5) is 37.8. The van der Waals surface area contributed by atoms with Crippen LogP contribution in [-0.4, -0.2) is 21.7 Å². The number of carbonyl (C=O) groups excluding carboxylic acids is 1. The minimum absolute atomic E-state index is 0.0193. The summed E-state index contributed by atoms with van der Waals surface area (Å²) in [5.74, 6) is -3.55. The summed E-state index contributed by atoms with van der Waals surface area (Å²) >= 11 is 6.21. The van der Waals surface area contributed by atoms with Crippen LogP contribution in [0.4, 0.5) is 4.39 Å². The molecule has 3 rings (SSSR count). The van der Waals surface area contributed by atoms with Crippen LogP contribution < -0.4 is 21.7 Å². The predicted molar refractivity (Wildman–Crippen MR) is 98.7 cm³/mol. The number of aromatic nitrogens is 2. The fourth-order valence-electron chi connectivity index (χ4n) is 3.17. The van der Waals surface area contributed by atoms with Crippen molar-refractivity contribution in [3.8, 4) is 5.88 Å². The Morgan fingerprint density at radius 1 is 1.29 bits per heavy atom. The Morgan fingerprint density at radius 3 is 2.57 bits per heavy atom. The standard InChI is InChI=1S/C18H17ClFN3O5/c1-4-27-17(25)12-11(10-8(19)6-5-7-9(10)20)13-15(24)22(2)18(26)23(3)16(13)28-14(12)21/h5-7,11H,4,21H2,1-3H3/t11-/m1/s1. The molecule has 0 aliphatic carbocycles. The zero-order valence-corrected chi connectivity index (χ0v) is 16.0. The highest BCUT2D eigenvalue weighted by atomic mass is 35.5. The number of rotatable bonds is 3. The number of esters is 1. The number of nitrogens with two attached hydrogens (primary N) is 1. The first-order valence-corrected chi connectivity index (χ1v) is 8.66. The second-order valence-corrected chi connectivity index (χ2v) is 6.50. The zero-order chi connectivity index (χ0) is 20.7. The minimum Gasteiger partial charge on any atom is -0.462 e. The summed E-state index contributed by atoms with van der Waals surface area (Å²) in [7, 11) is 2.62. The lowest BCUT2D eigenvalue weighted by atomic mass is 9.84. The second kappa shape index (κ2) is 7.16. The maximum Gasteiger partial charge on any atom is 0.340 e. The van der Waals surface area contributed by atoms with Gasteiger partial charge >= 0.3 is 11.7 Å². The van der Waals surface area contributed by atoms with Crippen LogP contribution in [0.1, 0.15) is 24.0 Å². The Balaban J connectivity index is 2.46. The molecular weight excluding hydrogens is 393 g/mol. The fraction of sp³-hybridized carbons (Fsp3) is 0.278. The van der Waals surface area contributed by atoms with Gasteiger partial charge in [0.2, 0.25) is 11.8 Å². The van der Waals surface area contributed by atoms with E-state index in [-0.39, 0.29) is 34.2 Å². The SMILES string of the molecule is CCOC(=O)C1=C(N)Oc2c(c(=O)n(C)c(=O)n2C)[C@@H]1c1c(F)cccc1Cl. The monoisotopic (exact) mass is 409 g/mol. The first kappa shape index (κ1) is 19.7. The van der Waals surface area contributed by atoms with Gasteiger partial charge in [0.05, 0.1) is 18.1 Å². The van der Waals surface area contributed by atoms with E-state index in [1.807, 2.05) is 0 Å². The van der Waals surface area contributed by atoms with Gasteiger partial charge in [-0.25, -0.2) is 14.0 Å². The number of halogens is 2. The molecule has 0 saturated carbocycles. The van der Waals surface area contributed by atoms with Gasteiger partial charge in [0.15, 0.2) is 0 Å². The van der Waals surface area contributed by atoms with E-state index < -0.39 is 34.8 Å². The van der Waals surface area contributed by atoms with E-state index in [1.165, 1.54) is 26.2 Å². The smallest absolute Gasteiger partial charge is 0.340 e. The molecule has 148 valence electrons. The maximum atomic E-state index is 14.8. The van der Waals surface area contributed by atoms with Gasteiger partial charge in [-0.05, 0) is 19.1 Å². The quantitative estimate of drug-likeness (QED) is 0.762. The van der Waals surface area contributed by atoms with Crippen molar-refractivity contribution in [2.75, 3.05) is 6.61 Å². The van der Waals surface area contributed by atoms with E-state index in [1.54, 1.807) is 6.92 Å². The molecule has 2 heterocycles. The van der Waals surface area contributed by atoms with Crippen molar-refractivity contribution in [2.24, 2.45) is 19.8 Å². The Kier molecular flexibility index (Phi) is 5.03. The molecule has 8 nitrogen and oxygen atoms in total. The van der Waals surface area contributed by atoms with Crippen LogP contribution in [0.25, 0.3) is 0 Å². The highest BCUT2D eigenvalue weighted by Crippen LogP contribution is 2.43. The number of carbonyl (C=O) groups is 1. The molecule has 0 unspecified atom stereocenters. The fourth-order valence-corrected chi connectivity index (χ4v) is 3.44. The third kappa shape index (κ3) is 2.88. The van der Waals surface area contributed by atoms with Crippen LogP contribution in [0.2, 0.25) is 5.02 Å². The molecule has 0 spiro atoms. The highest BCUT2D eigenvalue weighted by Gasteiger charge is 2.41. The van der Waals surface area contributed by atoms with E-state index >= 15 is 0 Å². The molecule has 28 heavy (non-hydrogen) atoms. The number of fused-ring (bicyclic) bond motifs is 1. The topological polar surface area (TPSA) is 106 Å². The van der Waals surface area contributed by atoms with E-state index in [0.717, 1.165) is 15.2 Å². The molecule has 1 aromatic carbocycles. The largest absolute Gasteiger partial charge is 0.462 e. The van der Waals surface area contributed by atoms with E-state index in [9.17, 15) is 18.8 Å². The van der Waals surface area contributed by atoms with E-state index in [2.05, 4.69) is 0 Å². The summed E-state index contributed by atoms with van der Waals surface area (Å²) in [6.45, 7) is 1.60. The molecule has 0 saturated heterocycles. The van der Waals surface area contributed by atoms with Gasteiger partial charge in [-0.2, -0.15) is 0 Å². The predicted octanol–water partition coefficient (Wildman–Crippen LogP) is 1.13. The molecule has 0 fully saturated rings. The van der Waals surface area contributed by atoms with Crippen molar-refractivity contribution in [2.45, 2.75) is 12.8 Å². The first-order valence-electron chi connectivity index (χ1n) is 8.29. The molecule has 10 heteroatoms. The van der Waals surface area contributed by atoms with Crippen LogP contribution in [0.15, 0.2) is 39.2 Å². The van der Waals surface area contributed by atoms with Crippen molar-refractivity contribution in [3.05, 3.63) is 72.5 Å². The third-order valence-corrected chi connectivity index (χ3v) is 4.81. The van der Waals surface area contributed by atoms with Gasteiger partial charge in [0, 0.05) is 24.7 Å². The Labute approximate surface area is 163 Å². The maximum absolute atomic E-state index is 14.8. The number of benzene rings is 1. The van der Waals surface area contributed by atoms with Gasteiger partial charge in [0.1, 0.15) is 11.4 Å². The van der Waals surface area contributed by atoms with Gasteiger partial charge in [-0.15, -0.1) is 0 Å². The Morgan fingerprint density at radius 2 is 1.96 bits per heavy atom. The average molecular weight is 410 g/mol. The summed E-state index contributed by atoms with van der Waals surface area (Å²) in [6.07, 6.45) is 0. The summed E-state index contributed by atoms with van der Waals surface area (Å²) < 4.78 is 27.1. The molecule has 0 bridgehead atoms. The number of hydrogen-bond donors (Lipinski definition) is 1. The van der Waals surface area contributed by atoms with Crippen LogP contribution in [-0.2, 0) is 23.6 Å². The van der Waals surface area contributed by atoms with Crippen molar-refractivity contribution in [1.29, 1.82) is 0 Å². The number of ether oxygens (including phenoxy) is 2. The number of nitrogens with zero attached hydrogens (tertiary/aromatic N) is 2. The van der Waals surface area contributed by atoms with Crippen LogP contribution in [0.3, 0.4) is 0 Å².